The van der Waals surface area contributed by atoms with Crippen LogP contribution in [0.1, 0.15) is 5.56 Å². The summed E-state index contributed by atoms with van der Waals surface area (Å²) in [6.45, 7) is -0.945. The Morgan fingerprint density at radius 2 is 1.47 bits per heavy atom. The van der Waals surface area contributed by atoms with Crippen molar-refractivity contribution in [1.82, 2.24) is 5.32 Å². The quantitative estimate of drug-likeness (QED) is 0.214. The second-order valence-corrected chi connectivity index (χ2v) is 7.43. The van der Waals surface area contributed by atoms with Crippen LogP contribution in [-0.2, 0) is 20.8 Å². The number of aliphatic hydroxyl groups is 7. The second-order valence-electron chi connectivity index (χ2n) is 7.43. The standard InChI is InChI=1S/C19H29NO10/c21-7-10-13(23)15(25)16(26)19(29-10)30-17-11(8-22)28-18(27)12(14(17)24)20-6-9-4-2-1-3-5-9/h1-5,10-27H,6-8H2/t10?,11?,12-,13+,14?,15-,16?,17+,18+,19+/m0/s1. The summed E-state index contributed by atoms with van der Waals surface area (Å²) in [4.78, 5) is 0. The molecule has 0 aliphatic carbocycles. The van der Waals surface area contributed by atoms with Crippen molar-refractivity contribution >= 4 is 0 Å². The fraction of sp³-hybridized carbons (Fsp3) is 0.684. The number of ether oxygens (including phenoxy) is 3. The molecule has 0 radical (unpaired) electrons. The number of nitrogens with one attached hydrogen (secondary N) is 1. The van der Waals surface area contributed by atoms with Crippen LogP contribution < -0.4 is 5.32 Å². The van der Waals surface area contributed by atoms with E-state index in [2.05, 4.69) is 5.32 Å². The Kier molecular flexibility index (Phi) is 8.12. The number of aliphatic hydroxyl groups excluding tert-OH is 7. The van der Waals surface area contributed by atoms with Gasteiger partial charge in [-0.25, -0.2) is 0 Å². The molecule has 170 valence electrons. The number of hydrogen-bond acceptors (Lipinski definition) is 11. The van der Waals surface area contributed by atoms with Crippen LogP contribution >= 0.6 is 0 Å². The lowest BCUT2D eigenvalue weighted by Gasteiger charge is -2.46. The molecule has 2 aliphatic rings. The number of hydrogen-bond donors (Lipinski definition) is 8. The van der Waals surface area contributed by atoms with Crippen LogP contribution in [0, 0.1) is 0 Å². The Morgan fingerprint density at radius 3 is 2.10 bits per heavy atom. The maximum absolute atomic E-state index is 10.8. The van der Waals surface area contributed by atoms with Gasteiger partial charge in [0.05, 0.1) is 19.3 Å². The zero-order valence-corrected chi connectivity index (χ0v) is 16.1. The van der Waals surface area contributed by atoms with Gasteiger partial charge in [0.2, 0.25) is 0 Å². The van der Waals surface area contributed by atoms with Gasteiger partial charge in [0.1, 0.15) is 42.7 Å². The Labute approximate surface area is 173 Å². The number of benzene rings is 1. The largest absolute Gasteiger partial charge is 0.394 e. The van der Waals surface area contributed by atoms with Crippen molar-refractivity contribution in [3.8, 4) is 0 Å². The predicted molar refractivity (Wildman–Crippen MR) is 99.7 cm³/mol. The number of rotatable bonds is 7. The molecular weight excluding hydrogens is 402 g/mol. The van der Waals surface area contributed by atoms with Crippen LogP contribution in [0.15, 0.2) is 30.3 Å². The second kappa shape index (κ2) is 10.4. The van der Waals surface area contributed by atoms with E-state index in [1.165, 1.54) is 0 Å². The molecular formula is C19H29NO10. The van der Waals surface area contributed by atoms with Gasteiger partial charge in [-0.3, -0.25) is 0 Å². The molecule has 2 aliphatic heterocycles. The van der Waals surface area contributed by atoms with Crippen LogP contribution in [-0.4, -0.2) is 110 Å². The first kappa shape index (κ1) is 23.4. The summed E-state index contributed by atoms with van der Waals surface area (Å²) >= 11 is 0. The van der Waals surface area contributed by atoms with E-state index in [1.54, 1.807) is 0 Å². The average Bonchev–Trinajstić information content (AvgIpc) is 2.76. The van der Waals surface area contributed by atoms with Gasteiger partial charge in [0.25, 0.3) is 0 Å². The van der Waals surface area contributed by atoms with Crippen molar-refractivity contribution in [2.24, 2.45) is 0 Å². The maximum atomic E-state index is 10.8. The molecule has 0 amide bonds. The summed E-state index contributed by atoms with van der Waals surface area (Å²) in [7, 11) is 0. The maximum Gasteiger partial charge on any atom is 0.187 e. The van der Waals surface area contributed by atoms with Crippen LogP contribution in [0.2, 0.25) is 0 Å². The third kappa shape index (κ3) is 4.98. The first-order valence-corrected chi connectivity index (χ1v) is 9.73. The van der Waals surface area contributed by atoms with Crippen molar-refractivity contribution in [1.29, 1.82) is 0 Å². The molecule has 11 heteroatoms. The van der Waals surface area contributed by atoms with E-state index in [0.717, 1.165) is 5.56 Å². The molecule has 2 fully saturated rings. The minimum atomic E-state index is -1.68. The van der Waals surface area contributed by atoms with E-state index < -0.39 is 74.6 Å². The highest BCUT2D eigenvalue weighted by molar-refractivity contribution is 5.14. The van der Waals surface area contributed by atoms with E-state index in [0.29, 0.717) is 6.54 Å². The minimum absolute atomic E-state index is 0.305. The molecule has 30 heavy (non-hydrogen) atoms. The molecule has 10 atom stereocenters. The molecule has 2 saturated heterocycles. The topological polar surface area (TPSA) is 181 Å². The highest BCUT2D eigenvalue weighted by Gasteiger charge is 2.50. The fourth-order valence-corrected chi connectivity index (χ4v) is 3.64. The highest BCUT2D eigenvalue weighted by atomic mass is 16.7. The van der Waals surface area contributed by atoms with Gasteiger partial charge in [-0.15, -0.1) is 0 Å². The van der Waals surface area contributed by atoms with Gasteiger partial charge < -0.3 is 55.3 Å². The van der Waals surface area contributed by atoms with Crippen molar-refractivity contribution in [3.63, 3.8) is 0 Å². The van der Waals surface area contributed by atoms with E-state index >= 15 is 0 Å². The smallest absolute Gasteiger partial charge is 0.187 e. The van der Waals surface area contributed by atoms with E-state index in [4.69, 9.17) is 14.2 Å². The normalized spacial score (nSPS) is 42.2. The third-order valence-corrected chi connectivity index (χ3v) is 5.40. The molecule has 0 aromatic heterocycles. The average molecular weight is 431 g/mol. The first-order valence-electron chi connectivity index (χ1n) is 9.73. The predicted octanol–water partition coefficient (Wildman–Crippen LogP) is -3.60. The fourth-order valence-electron chi connectivity index (χ4n) is 3.64. The lowest BCUT2D eigenvalue weighted by Crippen LogP contribution is -2.66. The van der Waals surface area contributed by atoms with E-state index in [1.807, 2.05) is 30.3 Å². The van der Waals surface area contributed by atoms with Gasteiger partial charge in [-0.1, -0.05) is 30.3 Å². The van der Waals surface area contributed by atoms with Crippen molar-refractivity contribution in [2.75, 3.05) is 13.2 Å². The molecule has 1 aromatic carbocycles. The zero-order chi connectivity index (χ0) is 21.8. The molecule has 11 nitrogen and oxygen atoms in total. The van der Waals surface area contributed by atoms with Crippen LogP contribution in [0.5, 0.6) is 0 Å². The highest BCUT2D eigenvalue weighted by Crippen LogP contribution is 2.28. The van der Waals surface area contributed by atoms with Gasteiger partial charge in [0, 0.05) is 6.54 Å². The first-order chi connectivity index (χ1) is 14.4. The monoisotopic (exact) mass is 431 g/mol. The summed E-state index contributed by atoms with van der Waals surface area (Å²) in [5.74, 6) is 0. The van der Waals surface area contributed by atoms with E-state index in [-0.39, 0.29) is 0 Å². The Balaban J connectivity index is 1.71. The molecule has 0 spiro atoms. The summed E-state index contributed by atoms with van der Waals surface area (Å²) in [5.41, 5.74) is 0.896. The molecule has 8 N–H and O–H groups in total. The van der Waals surface area contributed by atoms with Gasteiger partial charge in [0.15, 0.2) is 12.6 Å². The Hall–Kier alpha value is -1.22. The SMILES string of the molecule is OCC1O[C@@H](O)[C@@H](NCc2ccccc2)C(O)[C@@H]1O[C@H]1OC(CO)[C@@H](O)[C@H](O)C1O. The van der Waals surface area contributed by atoms with Gasteiger partial charge >= 0.3 is 0 Å². The van der Waals surface area contributed by atoms with E-state index in [9.17, 15) is 35.7 Å². The zero-order valence-electron chi connectivity index (χ0n) is 16.1. The molecule has 4 unspecified atom stereocenters. The third-order valence-electron chi connectivity index (χ3n) is 5.40. The van der Waals surface area contributed by atoms with Crippen LogP contribution in [0.4, 0.5) is 0 Å². The molecule has 1 aromatic rings. The van der Waals surface area contributed by atoms with Crippen LogP contribution in [0.25, 0.3) is 0 Å². The Morgan fingerprint density at radius 1 is 0.800 bits per heavy atom. The van der Waals surface area contributed by atoms with Crippen molar-refractivity contribution in [3.05, 3.63) is 35.9 Å². The van der Waals surface area contributed by atoms with Gasteiger partial charge in [-0.2, -0.15) is 0 Å². The summed E-state index contributed by atoms with van der Waals surface area (Å²) < 4.78 is 16.3. The summed E-state index contributed by atoms with van der Waals surface area (Å²) in [5, 5.41) is 72.9. The lowest BCUT2D eigenvalue weighted by molar-refractivity contribution is -0.345. The van der Waals surface area contributed by atoms with Crippen LogP contribution in [0.3, 0.4) is 0 Å². The lowest BCUT2D eigenvalue weighted by atomic mass is 9.95. The molecule has 2 heterocycles. The Bertz CT molecular complexity index is 649. The van der Waals surface area contributed by atoms with Crippen molar-refractivity contribution < 1.29 is 50.0 Å². The van der Waals surface area contributed by atoms with Crippen molar-refractivity contribution in [2.45, 2.75) is 67.9 Å². The summed E-state index contributed by atoms with van der Waals surface area (Å²) in [6, 6.07) is 8.25. The molecule has 3 rings (SSSR count). The van der Waals surface area contributed by atoms with Gasteiger partial charge in [-0.05, 0) is 5.56 Å². The molecule has 0 saturated carbocycles. The molecule has 0 bridgehead atoms. The minimum Gasteiger partial charge on any atom is -0.394 e. The summed E-state index contributed by atoms with van der Waals surface area (Å²) in [6.07, 6.45) is -12.9.